The van der Waals surface area contributed by atoms with Crippen molar-refractivity contribution in [1.82, 2.24) is 9.80 Å². The van der Waals surface area contributed by atoms with Crippen molar-refractivity contribution in [3.63, 3.8) is 0 Å². The molecule has 5 nitrogen and oxygen atoms in total. The Morgan fingerprint density at radius 1 is 1.23 bits per heavy atom. The molecule has 0 radical (unpaired) electrons. The third-order valence-corrected chi connectivity index (χ3v) is 11.0. The monoisotopic (exact) mass is 448 g/mol. The summed E-state index contributed by atoms with van der Waals surface area (Å²) < 4.78 is 12.3. The fourth-order valence-corrected chi connectivity index (χ4v) is 5.07. The summed E-state index contributed by atoms with van der Waals surface area (Å²) in [6.07, 6.45) is 1.03. The van der Waals surface area contributed by atoms with Crippen LogP contribution in [0.4, 0.5) is 4.79 Å². The standard InChI is InChI=1S/C25H44N2O3Si/c1-19-12-11-13-20(16-19)22(26(8)23(28)29-24(2,3)4)18-27-15-14-21(17-27)30-31(9,10)25(5,6)7/h11-13,16,21-22H,14-15,17-18H2,1-10H3/t21-,22+/m0/s1. The fraction of sp³-hybridized carbons (Fsp3) is 0.720. The van der Waals surface area contributed by atoms with Gasteiger partial charge >= 0.3 is 6.09 Å². The zero-order chi connectivity index (χ0) is 23.6. The lowest BCUT2D eigenvalue weighted by Gasteiger charge is -2.38. The summed E-state index contributed by atoms with van der Waals surface area (Å²) in [7, 11) is 0.0594. The average molecular weight is 449 g/mol. The molecule has 1 saturated heterocycles. The Hall–Kier alpha value is -1.37. The molecule has 0 saturated carbocycles. The van der Waals surface area contributed by atoms with Crippen LogP contribution in [-0.4, -0.2) is 62.6 Å². The molecule has 1 aromatic rings. The number of ether oxygens (including phenoxy) is 1. The first-order valence-corrected chi connectivity index (χ1v) is 14.4. The number of rotatable bonds is 6. The lowest BCUT2D eigenvalue weighted by molar-refractivity contribution is 0.0187. The molecule has 0 aromatic heterocycles. The number of carbonyl (C=O) groups excluding carboxylic acids is 1. The first-order chi connectivity index (χ1) is 14.1. The molecule has 0 unspecified atom stereocenters. The Bertz CT molecular complexity index is 752. The number of likely N-dealkylation sites (tertiary alicyclic amines) is 1. The molecule has 2 atom stereocenters. The van der Waals surface area contributed by atoms with Crippen LogP contribution < -0.4 is 0 Å². The van der Waals surface area contributed by atoms with E-state index in [0.29, 0.717) is 0 Å². The van der Waals surface area contributed by atoms with E-state index in [1.54, 1.807) is 4.90 Å². The Balaban J connectivity index is 2.14. The van der Waals surface area contributed by atoms with Gasteiger partial charge in [-0.3, -0.25) is 4.90 Å². The van der Waals surface area contributed by atoms with E-state index in [0.717, 1.165) is 31.6 Å². The van der Waals surface area contributed by atoms with Crippen molar-refractivity contribution in [2.45, 2.75) is 90.8 Å². The number of nitrogens with zero attached hydrogens (tertiary/aromatic N) is 2. The molecule has 176 valence electrons. The van der Waals surface area contributed by atoms with Gasteiger partial charge in [0.2, 0.25) is 0 Å². The minimum Gasteiger partial charge on any atom is -0.444 e. The van der Waals surface area contributed by atoms with Crippen molar-refractivity contribution in [1.29, 1.82) is 0 Å². The van der Waals surface area contributed by atoms with Gasteiger partial charge in [0.1, 0.15) is 5.60 Å². The summed E-state index contributed by atoms with van der Waals surface area (Å²) in [4.78, 5) is 17.0. The summed E-state index contributed by atoms with van der Waals surface area (Å²) in [6, 6.07) is 8.37. The first kappa shape index (κ1) is 25.9. The van der Waals surface area contributed by atoms with E-state index in [-0.39, 0.29) is 23.3 Å². The maximum absolute atomic E-state index is 12.9. The second kappa shape index (κ2) is 9.63. The first-order valence-electron chi connectivity index (χ1n) is 11.5. The van der Waals surface area contributed by atoms with Gasteiger partial charge in [-0.05, 0) is 57.8 Å². The van der Waals surface area contributed by atoms with Gasteiger partial charge in [0.25, 0.3) is 0 Å². The van der Waals surface area contributed by atoms with Crippen LogP contribution in [-0.2, 0) is 9.16 Å². The second-order valence-corrected chi connectivity index (χ2v) is 16.3. The normalized spacial score (nSPS) is 19.4. The predicted octanol–water partition coefficient (Wildman–Crippen LogP) is 6.00. The van der Waals surface area contributed by atoms with Crippen LogP contribution in [0.15, 0.2) is 24.3 Å². The van der Waals surface area contributed by atoms with E-state index >= 15 is 0 Å². The quantitative estimate of drug-likeness (QED) is 0.501. The molecular weight excluding hydrogens is 404 g/mol. The van der Waals surface area contributed by atoms with Gasteiger partial charge < -0.3 is 14.1 Å². The molecule has 0 N–H and O–H groups in total. The highest BCUT2D eigenvalue weighted by atomic mass is 28.4. The van der Waals surface area contributed by atoms with Crippen molar-refractivity contribution in [3.05, 3.63) is 35.4 Å². The van der Waals surface area contributed by atoms with Gasteiger partial charge in [-0.15, -0.1) is 0 Å². The molecule has 0 aliphatic carbocycles. The maximum Gasteiger partial charge on any atom is 0.410 e. The number of amides is 1. The second-order valence-electron chi connectivity index (χ2n) is 11.6. The van der Waals surface area contributed by atoms with Gasteiger partial charge in [-0.25, -0.2) is 4.79 Å². The molecule has 0 bridgehead atoms. The van der Waals surface area contributed by atoms with Crippen molar-refractivity contribution in [2.75, 3.05) is 26.7 Å². The smallest absolute Gasteiger partial charge is 0.410 e. The molecule has 1 aliphatic rings. The highest BCUT2D eigenvalue weighted by Gasteiger charge is 2.41. The molecule has 31 heavy (non-hydrogen) atoms. The third kappa shape index (κ3) is 7.33. The number of benzene rings is 1. The maximum atomic E-state index is 12.9. The molecule has 1 fully saturated rings. The average Bonchev–Trinajstić information content (AvgIpc) is 3.03. The van der Waals surface area contributed by atoms with E-state index < -0.39 is 13.9 Å². The van der Waals surface area contributed by atoms with Crippen LogP contribution in [0.2, 0.25) is 18.1 Å². The van der Waals surface area contributed by atoms with Crippen LogP contribution in [0, 0.1) is 6.92 Å². The van der Waals surface area contributed by atoms with E-state index in [1.807, 2.05) is 27.8 Å². The van der Waals surface area contributed by atoms with E-state index in [9.17, 15) is 4.79 Å². The molecular formula is C25H44N2O3Si. The van der Waals surface area contributed by atoms with Crippen LogP contribution >= 0.6 is 0 Å². The minimum atomic E-state index is -1.79. The topological polar surface area (TPSA) is 42.0 Å². The zero-order valence-corrected chi connectivity index (χ0v) is 22.4. The molecule has 1 aromatic carbocycles. The highest BCUT2D eigenvalue weighted by Crippen LogP contribution is 2.38. The van der Waals surface area contributed by atoms with E-state index in [1.165, 1.54) is 5.56 Å². The summed E-state index contributed by atoms with van der Waals surface area (Å²) in [5.41, 5.74) is 1.82. The number of carbonyl (C=O) groups is 1. The Morgan fingerprint density at radius 2 is 1.87 bits per heavy atom. The third-order valence-electron chi connectivity index (χ3n) is 6.50. The lowest BCUT2D eigenvalue weighted by Crippen LogP contribution is -2.45. The van der Waals surface area contributed by atoms with Gasteiger partial charge in [-0.1, -0.05) is 50.6 Å². The predicted molar refractivity (Wildman–Crippen MR) is 131 cm³/mol. The molecule has 6 heteroatoms. The van der Waals surface area contributed by atoms with Crippen molar-refractivity contribution >= 4 is 14.4 Å². The van der Waals surface area contributed by atoms with Crippen LogP contribution in [0.3, 0.4) is 0 Å². The zero-order valence-electron chi connectivity index (χ0n) is 21.4. The van der Waals surface area contributed by atoms with Gasteiger partial charge in [0.05, 0.1) is 12.1 Å². The Morgan fingerprint density at radius 3 is 2.42 bits per heavy atom. The summed E-state index contributed by atoms with van der Waals surface area (Å²) in [5.74, 6) is 0. The largest absolute Gasteiger partial charge is 0.444 e. The minimum absolute atomic E-state index is 0.0682. The van der Waals surface area contributed by atoms with Gasteiger partial charge in [0.15, 0.2) is 8.32 Å². The molecule has 1 amide bonds. The molecule has 1 aliphatic heterocycles. The van der Waals surface area contributed by atoms with Crippen LogP contribution in [0.25, 0.3) is 0 Å². The van der Waals surface area contributed by atoms with Gasteiger partial charge in [-0.2, -0.15) is 0 Å². The van der Waals surface area contributed by atoms with Crippen molar-refractivity contribution in [2.24, 2.45) is 0 Å². The van der Waals surface area contributed by atoms with Crippen molar-refractivity contribution < 1.29 is 14.0 Å². The number of likely N-dealkylation sites (N-methyl/N-ethyl adjacent to an activating group) is 1. The summed E-state index contributed by atoms with van der Waals surface area (Å²) >= 11 is 0. The number of hydrogen-bond acceptors (Lipinski definition) is 4. The van der Waals surface area contributed by atoms with Gasteiger partial charge in [0, 0.05) is 26.7 Å². The Labute approximate surface area is 191 Å². The molecule has 2 rings (SSSR count). The summed E-state index contributed by atoms with van der Waals surface area (Å²) in [5, 5.41) is 0.210. The highest BCUT2D eigenvalue weighted by molar-refractivity contribution is 6.74. The number of aryl methyl sites for hydroxylation is 1. The molecule has 0 spiro atoms. The molecule has 1 heterocycles. The lowest BCUT2D eigenvalue weighted by atomic mass is 10.0. The van der Waals surface area contributed by atoms with E-state index in [2.05, 4.69) is 70.0 Å². The fourth-order valence-electron chi connectivity index (χ4n) is 3.69. The Kier molecular flexibility index (Phi) is 8.04. The number of hydrogen-bond donors (Lipinski definition) is 0. The summed E-state index contributed by atoms with van der Waals surface area (Å²) in [6.45, 7) is 22.0. The van der Waals surface area contributed by atoms with E-state index in [4.69, 9.17) is 9.16 Å². The van der Waals surface area contributed by atoms with Crippen LogP contribution in [0.1, 0.15) is 65.1 Å². The SMILES string of the molecule is Cc1cccc([C@@H](CN2CC[C@H](O[Si](C)(C)C(C)(C)C)C2)N(C)C(=O)OC(C)(C)C)c1. The van der Waals surface area contributed by atoms with Crippen molar-refractivity contribution in [3.8, 4) is 0 Å². The van der Waals surface area contributed by atoms with Crippen LogP contribution in [0.5, 0.6) is 0 Å².